The van der Waals surface area contributed by atoms with Crippen LogP contribution in [-0.2, 0) is 6.54 Å². The number of aryl methyl sites for hydroxylation is 1. The highest BCUT2D eigenvalue weighted by molar-refractivity contribution is 7.11. The van der Waals surface area contributed by atoms with E-state index in [0.29, 0.717) is 6.54 Å². The molecule has 1 aromatic carbocycles. The lowest BCUT2D eigenvalue weighted by molar-refractivity contribution is 0.165. The summed E-state index contributed by atoms with van der Waals surface area (Å²) in [6.45, 7) is 2.49. The highest BCUT2D eigenvalue weighted by atomic mass is 32.1. The van der Waals surface area contributed by atoms with Crippen LogP contribution in [0.5, 0.6) is 0 Å². The fraction of sp³-hybridized carbons (Fsp3) is 0.308. The largest absolute Gasteiger partial charge is 0.387 e. The van der Waals surface area contributed by atoms with Crippen molar-refractivity contribution in [1.82, 2.24) is 10.3 Å². The molecule has 1 aromatic heterocycles. The summed E-state index contributed by atoms with van der Waals surface area (Å²) in [6.07, 6.45) is 0.526. The van der Waals surface area contributed by atoms with Crippen LogP contribution in [0.1, 0.15) is 21.6 Å². The highest BCUT2D eigenvalue weighted by Gasteiger charge is 2.17. The average Bonchev–Trinajstić information content (AvgIpc) is 2.75. The van der Waals surface area contributed by atoms with Crippen LogP contribution in [0, 0.1) is 18.6 Å². The summed E-state index contributed by atoms with van der Waals surface area (Å²) in [5, 5.41) is 13.7. The number of nitrogens with zero attached hydrogens (tertiary/aromatic N) is 1. The molecule has 2 rings (SSSR count). The topological polar surface area (TPSA) is 45.2 Å². The van der Waals surface area contributed by atoms with Gasteiger partial charge in [0.25, 0.3) is 0 Å². The zero-order chi connectivity index (χ0) is 13.8. The van der Waals surface area contributed by atoms with E-state index in [2.05, 4.69) is 10.3 Å². The van der Waals surface area contributed by atoms with Crippen LogP contribution in [-0.4, -0.2) is 16.6 Å². The van der Waals surface area contributed by atoms with Crippen molar-refractivity contribution in [3.05, 3.63) is 51.5 Å². The molecule has 102 valence electrons. The van der Waals surface area contributed by atoms with E-state index in [-0.39, 0.29) is 12.1 Å². The molecule has 1 unspecified atom stereocenters. The van der Waals surface area contributed by atoms with Crippen LogP contribution < -0.4 is 5.32 Å². The Morgan fingerprint density at radius 2 is 2.05 bits per heavy atom. The smallest absolute Gasteiger partial charge is 0.131 e. The van der Waals surface area contributed by atoms with Crippen molar-refractivity contribution < 1.29 is 13.9 Å². The fourth-order valence-electron chi connectivity index (χ4n) is 1.75. The van der Waals surface area contributed by atoms with Gasteiger partial charge in [-0.25, -0.2) is 13.8 Å². The van der Waals surface area contributed by atoms with Crippen molar-refractivity contribution in [1.29, 1.82) is 0 Å². The molecular weight excluding hydrogens is 270 g/mol. The Bertz CT molecular complexity index is 539. The molecule has 0 saturated carbocycles. The predicted molar refractivity (Wildman–Crippen MR) is 69.9 cm³/mol. The number of hydrogen-bond acceptors (Lipinski definition) is 4. The number of hydrogen-bond donors (Lipinski definition) is 2. The summed E-state index contributed by atoms with van der Waals surface area (Å²) in [7, 11) is 0. The van der Waals surface area contributed by atoms with E-state index in [4.69, 9.17) is 0 Å². The first-order valence-electron chi connectivity index (χ1n) is 5.82. The summed E-state index contributed by atoms with van der Waals surface area (Å²) in [5.41, 5.74) is -0.296. The van der Waals surface area contributed by atoms with Gasteiger partial charge in [-0.15, -0.1) is 11.3 Å². The van der Waals surface area contributed by atoms with Crippen molar-refractivity contribution in [3.63, 3.8) is 0 Å². The molecule has 0 aliphatic heterocycles. The number of aromatic nitrogens is 1. The van der Waals surface area contributed by atoms with Gasteiger partial charge in [0.05, 0.1) is 16.7 Å². The number of thiazole rings is 1. The molecule has 19 heavy (non-hydrogen) atoms. The molecule has 0 amide bonds. The number of aliphatic hydroxyl groups is 1. The van der Waals surface area contributed by atoms with Gasteiger partial charge in [0.2, 0.25) is 0 Å². The van der Waals surface area contributed by atoms with Gasteiger partial charge < -0.3 is 10.4 Å². The molecule has 2 aromatic rings. The molecule has 1 atom stereocenters. The maximum Gasteiger partial charge on any atom is 0.131 e. The second-order valence-corrected chi connectivity index (χ2v) is 5.45. The minimum atomic E-state index is -1.21. The highest BCUT2D eigenvalue weighted by Crippen LogP contribution is 2.20. The Morgan fingerprint density at radius 3 is 2.63 bits per heavy atom. The quantitative estimate of drug-likeness (QED) is 0.887. The van der Waals surface area contributed by atoms with Crippen molar-refractivity contribution >= 4 is 11.3 Å². The molecule has 0 saturated heterocycles. The number of aliphatic hydroxyl groups excluding tert-OH is 1. The Labute approximate surface area is 113 Å². The van der Waals surface area contributed by atoms with Gasteiger partial charge in [0, 0.05) is 24.2 Å². The van der Waals surface area contributed by atoms with Crippen LogP contribution in [0.15, 0.2) is 24.4 Å². The zero-order valence-corrected chi connectivity index (χ0v) is 11.2. The van der Waals surface area contributed by atoms with E-state index >= 15 is 0 Å². The number of nitrogens with one attached hydrogen (secondary N) is 1. The van der Waals surface area contributed by atoms with Crippen LogP contribution in [0.25, 0.3) is 0 Å². The number of benzene rings is 1. The molecule has 0 spiro atoms. The Balaban J connectivity index is 1.92. The van der Waals surface area contributed by atoms with Crippen molar-refractivity contribution in [2.24, 2.45) is 0 Å². The monoisotopic (exact) mass is 284 g/mol. The lowest BCUT2D eigenvalue weighted by atomic mass is 10.1. The summed E-state index contributed by atoms with van der Waals surface area (Å²) < 4.78 is 26.8. The van der Waals surface area contributed by atoms with E-state index in [1.54, 1.807) is 6.20 Å². The number of halogens is 2. The molecular formula is C13H14F2N2OS. The first-order chi connectivity index (χ1) is 9.08. The molecule has 0 radical (unpaired) electrons. The van der Waals surface area contributed by atoms with Gasteiger partial charge >= 0.3 is 0 Å². The average molecular weight is 284 g/mol. The standard InChI is InChI=1S/C13H14F2N2OS/c1-8-17-6-9(19-8)5-16-7-12(18)13-10(14)3-2-4-11(13)15/h2-4,6,12,16,18H,5,7H2,1H3. The van der Waals surface area contributed by atoms with E-state index in [1.165, 1.54) is 17.4 Å². The van der Waals surface area contributed by atoms with Crippen LogP contribution in [0.4, 0.5) is 8.78 Å². The summed E-state index contributed by atoms with van der Waals surface area (Å²) in [4.78, 5) is 5.11. The second-order valence-electron chi connectivity index (χ2n) is 4.13. The minimum Gasteiger partial charge on any atom is -0.387 e. The Morgan fingerprint density at radius 1 is 1.37 bits per heavy atom. The van der Waals surface area contributed by atoms with E-state index in [0.717, 1.165) is 22.0 Å². The molecule has 0 bridgehead atoms. The van der Waals surface area contributed by atoms with Gasteiger partial charge in [-0.05, 0) is 19.1 Å². The molecule has 6 heteroatoms. The molecule has 0 aliphatic carbocycles. The van der Waals surface area contributed by atoms with Crippen molar-refractivity contribution in [3.8, 4) is 0 Å². The van der Waals surface area contributed by atoms with E-state index in [9.17, 15) is 13.9 Å². The van der Waals surface area contributed by atoms with E-state index in [1.807, 2.05) is 6.92 Å². The predicted octanol–water partition coefficient (Wildman–Crippen LogP) is 2.55. The van der Waals surface area contributed by atoms with Gasteiger partial charge in [0.1, 0.15) is 11.6 Å². The summed E-state index contributed by atoms with van der Waals surface area (Å²) >= 11 is 1.54. The van der Waals surface area contributed by atoms with Crippen molar-refractivity contribution in [2.75, 3.05) is 6.54 Å². The first kappa shape index (κ1) is 14.0. The molecule has 2 N–H and O–H groups in total. The summed E-state index contributed by atoms with van der Waals surface area (Å²) in [5.74, 6) is -1.47. The lowest BCUT2D eigenvalue weighted by Gasteiger charge is -2.13. The minimum absolute atomic E-state index is 0.0782. The van der Waals surface area contributed by atoms with Gasteiger partial charge in [-0.3, -0.25) is 0 Å². The van der Waals surface area contributed by atoms with Crippen LogP contribution in [0.3, 0.4) is 0 Å². The van der Waals surface area contributed by atoms with Crippen LogP contribution >= 0.6 is 11.3 Å². The fourth-order valence-corrected chi connectivity index (χ4v) is 2.51. The lowest BCUT2D eigenvalue weighted by Crippen LogP contribution is -2.22. The third-order valence-electron chi connectivity index (χ3n) is 2.64. The molecule has 3 nitrogen and oxygen atoms in total. The SMILES string of the molecule is Cc1ncc(CNCC(O)c2c(F)cccc2F)s1. The Kier molecular flexibility index (Phi) is 4.57. The van der Waals surface area contributed by atoms with Crippen molar-refractivity contribution in [2.45, 2.75) is 19.6 Å². The van der Waals surface area contributed by atoms with Gasteiger partial charge in [-0.2, -0.15) is 0 Å². The molecule has 0 fully saturated rings. The van der Waals surface area contributed by atoms with E-state index < -0.39 is 17.7 Å². The molecule has 0 aliphatic rings. The Hall–Kier alpha value is -1.37. The second kappa shape index (κ2) is 6.18. The third kappa shape index (κ3) is 3.56. The maximum absolute atomic E-state index is 13.4. The number of rotatable bonds is 5. The third-order valence-corrected chi connectivity index (χ3v) is 3.55. The zero-order valence-electron chi connectivity index (χ0n) is 10.4. The van der Waals surface area contributed by atoms with Crippen LogP contribution in [0.2, 0.25) is 0 Å². The summed E-state index contributed by atoms with van der Waals surface area (Å²) in [6, 6.07) is 3.54. The first-order valence-corrected chi connectivity index (χ1v) is 6.63. The van der Waals surface area contributed by atoms with Gasteiger partial charge in [-0.1, -0.05) is 6.07 Å². The molecule has 1 heterocycles. The normalized spacial score (nSPS) is 12.6. The maximum atomic E-state index is 13.4. The van der Waals surface area contributed by atoms with Gasteiger partial charge in [0.15, 0.2) is 0 Å².